The van der Waals surface area contributed by atoms with E-state index in [9.17, 15) is 22.0 Å². The number of esters is 1. The van der Waals surface area contributed by atoms with E-state index in [1.54, 1.807) is 6.92 Å². The number of sulfonamides is 1. The molecule has 0 amide bonds. The molecule has 1 aromatic carbocycles. The standard InChI is InChI=1S/C20H22F2N2O4S/c1-2-28-19(25)20(12-15-6-7-16(21)11-18(15)22)8-4-10-24(14-20)29(26,27)17-5-3-9-23-13-17/h3,5-7,9,11,13H,2,4,8,10,12,14H2,1H3/t20-/m1/s1. The van der Waals surface area contributed by atoms with Crippen molar-refractivity contribution >= 4 is 16.0 Å². The summed E-state index contributed by atoms with van der Waals surface area (Å²) in [5, 5.41) is 0. The molecule has 9 heteroatoms. The highest BCUT2D eigenvalue weighted by molar-refractivity contribution is 7.89. The molecule has 1 aliphatic rings. The van der Waals surface area contributed by atoms with E-state index in [4.69, 9.17) is 4.74 Å². The minimum absolute atomic E-state index is 0.0209. The van der Waals surface area contributed by atoms with Gasteiger partial charge < -0.3 is 4.74 Å². The number of carbonyl (C=O) groups excluding carboxylic acids is 1. The third-order valence-corrected chi connectivity index (χ3v) is 6.90. The molecular weight excluding hydrogens is 402 g/mol. The van der Waals surface area contributed by atoms with Crippen LogP contribution < -0.4 is 0 Å². The monoisotopic (exact) mass is 424 g/mol. The van der Waals surface area contributed by atoms with Crippen molar-refractivity contribution in [3.8, 4) is 0 Å². The molecule has 156 valence electrons. The highest BCUT2D eigenvalue weighted by Gasteiger charge is 2.47. The van der Waals surface area contributed by atoms with Crippen molar-refractivity contribution in [3.63, 3.8) is 0 Å². The minimum Gasteiger partial charge on any atom is -0.466 e. The number of ether oxygens (including phenoxy) is 1. The van der Waals surface area contributed by atoms with Crippen LogP contribution in [0.1, 0.15) is 25.3 Å². The Kier molecular flexibility index (Phi) is 6.28. The molecular formula is C20H22F2N2O4S. The van der Waals surface area contributed by atoms with E-state index in [1.165, 1.54) is 34.9 Å². The Labute approximate surface area is 168 Å². The molecule has 0 spiro atoms. The van der Waals surface area contributed by atoms with Gasteiger partial charge in [-0.3, -0.25) is 9.78 Å². The Balaban J connectivity index is 1.97. The summed E-state index contributed by atoms with van der Waals surface area (Å²) in [4.78, 5) is 16.7. The molecule has 2 heterocycles. The second-order valence-electron chi connectivity index (χ2n) is 7.04. The van der Waals surface area contributed by atoms with E-state index < -0.39 is 33.0 Å². The first-order valence-corrected chi connectivity index (χ1v) is 10.7. The van der Waals surface area contributed by atoms with Crippen molar-refractivity contribution in [2.24, 2.45) is 5.41 Å². The average Bonchev–Trinajstić information content (AvgIpc) is 2.71. The molecule has 1 saturated heterocycles. The topological polar surface area (TPSA) is 76.6 Å². The largest absolute Gasteiger partial charge is 0.466 e. The first kappa shape index (κ1) is 21.3. The first-order valence-electron chi connectivity index (χ1n) is 9.30. The maximum atomic E-state index is 14.3. The predicted octanol–water partition coefficient (Wildman–Crippen LogP) is 2.94. The van der Waals surface area contributed by atoms with Gasteiger partial charge in [0.15, 0.2) is 0 Å². The number of rotatable bonds is 6. The second kappa shape index (κ2) is 8.54. The number of hydrogen-bond acceptors (Lipinski definition) is 5. The molecule has 2 aromatic rings. The third-order valence-electron chi connectivity index (χ3n) is 5.07. The van der Waals surface area contributed by atoms with Crippen LogP contribution in [0, 0.1) is 17.0 Å². The number of piperidine rings is 1. The number of aromatic nitrogens is 1. The van der Waals surface area contributed by atoms with Gasteiger partial charge in [0.2, 0.25) is 10.0 Å². The number of halogens is 2. The lowest BCUT2D eigenvalue weighted by Crippen LogP contribution is -2.51. The van der Waals surface area contributed by atoms with Gasteiger partial charge in [-0.15, -0.1) is 0 Å². The van der Waals surface area contributed by atoms with Crippen LogP contribution in [-0.2, 0) is 26.0 Å². The van der Waals surface area contributed by atoms with E-state index in [0.29, 0.717) is 12.8 Å². The normalized spacial score (nSPS) is 20.4. The zero-order valence-electron chi connectivity index (χ0n) is 16.0. The maximum Gasteiger partial charge on any atom is 0.313 e. The van der Waals surface area contributed by atoms with Gasteiger partial charge in [0.1, 0.15) is 16.5 Å². The Bertz CT molecular complexity index is 985. The molecule has 29 heavy (non-hydrogen) atoms. The second-order valence-corrected chi connectivity index (χ2v) is 8.98. The molecule has 0 saturated carbocycles. The summed E-state index contributed by atoms with van der Waals surface area (Å²) in [6.07, 6.45) is 3.37. The van der Waals surface area contributed by atoms with Crippen LogP contribution in [0.5, 0.6) is 0 Å². The van der Waals surface area contributed by atoms with Crippen molar-refractivity contribution < 1.29 is 26.7 Å². The highest BCUT2D eigenvalue weighted by atomic mass is 32.2. The zero-order chi connectivity index (χ0) is 21.1. The van der Waals surface area contributed by atoms with Gasteiger partial charge in [-0.25, -0.2) is 17.2 Å². The smallest absolute Gasteiger partial charge is 0.313 e. The number of pyridine rings is 1. The lowest BCUT2D eigenvalue weighted by molar-refractivity contribution is -0.157. The van der Waals surface area contributed by atoms with Gasteiger partial charge in [-0.1, -0.05) is 6.07 Å². The van der Waals surface area contributed by atoms with Crippen LogP contribution >= 0.6 is 0 Å². The minimum atomic E-state index is -3.88. The molecule has 1 atom stereocenters. The Morgan fingerprint density at radius 2 is 2.10 bits per heavy atom. The summed E-state index contributed by atoms with van der Waals surface area (Å²) in [6.45, 7) is 1.84. The molecule has 1 aliphatic heterocycles. The summed E-state index contributed by atoms with van der Waals surface area (Å²) in [6, 6.07) is 6.09. The summed E-state index contributed by atoms with van der Waals surface area (Å²) in [5.74, 6) is -2.09. The van der Waals surface area contributed by atoms with Crippen molar-refractivity contribution in [3.05, 3.63) is 59.9 Å². The Morgan fingerprint density at radius 3 is 2.76 bits per heavy atom. The summed E-state index contributed by atoms with van der Waals surface area (Å²) >= 11 is 0. The van der Waals surface area contributed by atoms with E-state index in [0.717, 1.165) is 12.1 Å². The fourth-order valence-electron chi connectivity index (χ4n) is 3.64. The van der Waals surface area contributed by atoms with Crippen LogP contribution in [0.25, 0.3) is 0 Å². The van der Waals surface area contributed by atoms with Crippen molar-refractivity contribution in [2.45, 2.75) is 31.1 Å². The molecule has 0 aliphatic carbocycles. The lowest BCUT2D eigenvalue weighted by Gasteiger charge is -2.40. The van der Waals surface area contributed by atoms with Gasteiger partial charge in [0, 0.05) is 31.5 Å². The maximum absolute atomic E-state index is 14.3. The Morgan fingerprint density at radius 1 is 1.31 bits per heavy atom. The Hall–Kier alpha value is -2.39. The third kappa shape index (κ3) is 4.45. The van der Waals surface area contributed by atoms with E-state index in [-0.39, 0.29) is 36.6 Å². The zero-order valence-corrected chi connectivity index (χ0v) is 16.8. The van der Waals surface area contributed by atoms with Gasteiger partial charge in [0.05, 0.1) is 12.0 Å². The molecule has 0 N–H and O–H groups in total. The number of nitrogens with zero attached hydrogens (tertiary/aromatic N) is 2. The molecule has 0 unspecified atom stereocenters. The molecule has 1 fully saturated rings. The summed E-state index contributed by atoms with van der Waals surface area (Å²) < 4.78 is 60.1. The van der Waals surface area contributed by atoms with Crippen molar-refractivity contribution in [1.82, 2.24) is 9.29 Å². The molecule has 3 rings (SSSR count). The summed E-state index contributed by atoms with van der Waals surface area (Å²) in [7, 11) is -3.88. The fraction of sp³-hybridized carbons (Fsp3) is 0.400. The van der Waals surface area contributed by atoms with E-state index in [1.807, 2.05) is 0 Å². The van der Waals surface area contributed by atoms with Gasteiger partial charge >= 0.3 is 5.97 Å². The van der Waals surface area contributed by atoms with Crippen molar-refractivity contribution in [2.75, 3.05) is 19.7 Å². The number of carbonyl (C=O) groups is 1. The van der Waals surface area contributed by atoms with Gasteiger partial charge in [-0.05, 0) is 49.9 Å². The first-order chi connectivity index (χ1) is 13.8. The molecule has 6 nitrogen and oxygen atoms in total. The highest BCUT2D eigenvalue weighted by Crippen LogP contribution is 2.38. The quantitative estimate of drug-likeness (QED) is 0.667. The number of hydrogen-bond donors (Lipinski definition) is 0. The van der Waals surface area contributed by atoms with Crippen LogP contribution in [0.2, 0.25) is 0 Å². The molecule has 0 bridgehead atoms. The van der Waals surface area contributed by atoms with Crippen LogP contribution in [0.15, 0.2) is 47.6 Å². The van der Waals surface area contributed by atoms with E-state index in [2.05, 4.69) is 4.98 Å². The van der Waals surface area contributed by atoms with E-state index >= 15 is 0 Å². The van der Waals surface area contributed by atoms with Crippen molar-refractivity contribution in [1.29, 1.82) is 0 Å². The van der Waals surface area contributed by atoms with Gasteiger partial charge in [-0.2, -0.15) is 4.31 Å². The summed E-state index contributed by atoms with van der Waals surface area (Å²) in [5.41, 5.74) is -1.12. The SMILES string of the molecule is CCOC(=O)[C@@]1(Cc2ccc(F)cc2F)CCCN(S(=O)(=O)c2cccnc2)C1. The fourth-order valence-corrected chi connectivity index (χ4v) is 5.17. The van der Waals surface area contributed by atoms with Crippen LogP contribution in [0.3, 0.4) is 0 Å². The number of benzene rings is 1. The van der Waals surface area contributed by atoms with Gasteiger partial charge in [0.25, 0.3) is 0 Å². The van der Waals surface area contributed by atoms with Crippen LogP contribution in [0.4, 0.5) is 8.78 Å². The average molecular weight is 424 g/mol. The molecule has 1 aromatic heterocycles. The lowest BCUT2D eigenvalue weighted by atomic mass is 9.75. The van der Waals surface area contributed by atoms with Crippen LogP contribution in [-0.4, -0.2) is 43.4 Å². The predicted molar refractivity (Wildman–Crippen MR) is 101 cm³/mol. The molecule has 0 radical (unpaired) electrons.